The Morgan fingerprint density at radius 3 is 1.56 bits per heavy atom. The van der Waals surface area contributed by atoms with Gasteiger partial charge < -0.3 is 23.7 Å². The molecular formula is C21H35N3O8. The molecule has 0 saturated heterocycles. The van der Waals surface area contributed by atoms with Gasteiger partial charge >= 0.3 is 18.3 Å². The summed E-state index contributed by atoms with van der Waals surface area (Å²) in [5.41, 5.74) is -2.62. The standard InChI is InChI=1S/C21H35N3O8/c1-19(2,3)30-16(25)23-12-13(14(28-10)29-11)22-15(23)24(17(26)31-20(4,5)6)18(27)32-21(7,8)9/h12,14H,1-11H3. The molecule has 0 aliphatic carbocycles. The monoisotopic (exact) mass is 457 g/mol. The van der Waals surface area contributed by atoms with Crippen LogP contribution >= 0.6 is 0 Å². The van der Waals surface area contributed by atoms with Gasteiger partial charge in [-0.15, -0.1) is 4.90 Å². The third-order valence-electron chi connectivity index (χ3n) is 3.32. The van der Waals surface area contributed by atoms with Gasteiger partial charge in [0.15, 0.2) is 0 Å². The zero-order valence-corrected chi connectivity index (χ0v) is 20.8. The van der Waals surface area contributed by atoms with Gasteiger partial charge in [0.05, 0.1) is 0 Å². The molecule has 0 N–H and O–H groups in total. The molecule has 0 aliphatic heterocycles. The number of amides is 2. The largest absolute Gasteiger partial charge is 0.443 e. The maximum absolute atomic E-state index is 13.0. The quantitative estimate of drug-likeness (QED) is 0.471. The molecule has 11 nitrogen and oxygen atoms in total. The first-order chi connectivity index (χ1) is 14.4. The van der Waals surface area contributed by atoms with Crippen molar-refractivity contribution in [1.29, 1.82) is 0 Å². The van der Waals surface area contributed by atoms with E-state index >= 15 is 0 Å². The lowest BCUT2D eigenvalue weighted by molar-refractivity contribution is -0.108. The Morgan fingerprint density at radius 1 is 0.812 bits per heavy atom. The Morgan fingerprint density at radius 2 is 1.22 bits per heavy atom. The number of aromatic nitrogens is 2. The van der Waals surface area contributed by atoms with Gasteiger partial charge in [0, 0.05) is 20.4 Å². The minimum atomic E-state index is -1.08. The number of rotatable bonds is 4. The fourth-order valence-corrected chi connectivity index (χ4v) is 2.30. The van der Waals surface area contributed by atoms with E-state index in [4.69, 9.17) is 23.7 Å². The Hall–Kier alpha value is -2.66. The Balaban J connectivity index is 3.67. The van der Waals surface area contributed by atoms with Crippen LogP contribution in [-0.4, -0.2) is 58.9 Å². The molecule has 0 spiro atoms. The number of anilines is 1. The summed E-state index contributed by atoms with van der Waals surface area (Å²) in [7, 11) is 2.75. The maximum atomic E-state index is 13.0. The number of carbonyl (C=O) groups is 3. The molecule has 0 fully saturated rings. The first kappa shape index (κ1) is 27.4. The third kappa shape index (κ3) is 8.12. The summed E-state index contributed by atoms with van der Waals surface area (Å²) < 4.78 is 27.4. The van der Waals surface area contributed by atoms with Crippen LogP contribution in [0, 0.1) is 0 Å². The van der Waals surface area contributed by atoms with Gasteiger partial charge in [-0.1, -0.05) is 0 Å². The number of methoxy groups -OCH3 is 2. The fraction of sp³-hybridized carbons (Fsp3) is 0.714. The topological polar surface area (TPSA) is 118 Å². The van der Waals surface area contributed by atoms with Gasteiger partial charge in [0.25, 0.3) is 0 Å². The van der Waals surface area contributed by atoms with Crippen LogP contribution < -0.4 is 4.90 Å². The summed E-state index contributed by atoms with van der Waals surface area (Å²) in [6.07, 6.45) is -2.77. The molecule has 1 heterocycles. The van der Waals surface area contributed by atoms with E-state index in [1.807, 2.05) is 0 Å². The zero-order valence-electron chi connectivity index (χ0n) is 20.8. The predicted octanol–water partition coefficient (Wildman–Crippen LogP) is 4.63. The average Bonchev–Trinajstić information content (AvgIpc) is 2.95. The van der Waals surface area contributed by atoms with Crippen molar-refractivity contribution in [3.63, 3.8) is 0 Å². The van der Waals surface area contributed by atoms with Crippen molar-refractivity contribution < 1.29 is 38.1 Å². The third-order valence-corrected chi connectivity index (χ3v) is 3.32. The van der Waals surface area contributed by atoms with Crippen LogP contribution in [0.1, 0.15) is 74.3 Å². The van der Waals surface area contributed by atoms with Crippen molar-refractivity contribution in [3.05, 3.63) is 11.9 Å². The molecule has 11 heteroatoms. The fourth-order valence-electron chi connectivity index (χ4n) is 2.30. The smallest absolute Gasteiger partial charge is 0.427 e. The van der Waals surface area contributed by atoms with E-state index in [-0.39, 0.29) is 5.69 Å². The molecule has 182 valence electrons. The number of hydrogen-bond acceptors (Lipinski definition) is 9. The summed E-state index contributed by atoms with van der Waals surface area (Å²) in [6, 6.07) is 0. The van der Waals surface area contributed by atoms with Gasteiger partial charge in [-0.2, -0.15) is 0 Å². The van der Waals surface area contributed by atoms with Crippen LogP contribution in [0.4, 0.5) is 20.3 Å². The maximum Gasteiger partial charge on any atom is 0.427 e. The number of hydrogen-bond donors (Lipinski definition) is 0. The molecule has 0 atom stereocenters. The minimum absolute atomic E-state index is 0.118. The summed E-state index contributed by atoms with van der Waals surface area (Å²) in [4.78, 5) is 43.7. The average molecular weight is 458 g/mol. The molecule has 32 heavy (non-hydrogen) atoms. The highest BCUT2D eigenvalue weighted by molar-refractivity contribution is 6.09. The van der Waals surface area contributed by atoms with Gasteiger partial charge in [-0.3, -0.25) is 0 Å². The second kappa shape index (κ2) is 9.86. The normalized spacial score (nSPS) is 12.5. The summed E-state index contributed by atoms with van der Waals surface area (Å²) in [5.74, 6) is -0.392. The highest BCUT2D eigenvalue weighted by Gasteiger charge is 2.38. The van der Waals surface area contributed by atoms with Crippen LogP contribution in [-0.2, 0) is 23.7 Å². The molecule has 1 rings (SSSR count). The highest BCUT2D eigenvalue weighted by atomic mass is 16.7. The Labute approximate surface area is 188 Å². The second-order valence-corrected chi connectivity index (χ2v) is 9.92. The van der Waals surface area contributed by atoms with E-state index in [0.29, 0.717) is 4.90 Å². The molecule has 1 aromatic heterocycles. The van der Waals surface area contributed by atoms with Crippen molar-refractivity contribution >= 4 is 24.2 Å². The van der Waals surface area contributed by atoms with Crippen LogP contribution in [0.25, 0.3) is 0 Å². The van der Waals surface area contributed by atoms with Gasteiger partial charge in [0.2, 0.25) is 12.2 Å². The second-order valence-electron chi connectivity index (χ2n) is 9.92. The Bertz CT molecular complexity index is 796. The van der Waals surface area contributed by atoms with Crippen molar-refractivity contribution in [3.8, 4) is 0 Å². The minimum Gasteiger partial charge on any atom is -0.443 e. The van der Waals surface area contributed by atoms with Crippen molar-refractivity contribution in [1.82, 2.24) is 9.55 Å². The molecule has 2 amide bonds. The molecule has 0 saturated carbocycles. The van der Waals surface area contributed by atoms with E-state index in [9.17, 15) is 14.4 Å². The van der Waals surface area contributed by atoms with Gasteiger partial charge in [0.1, 0.15) is 22.5 Å². The van der Waals surface area contributed by atoms with Crippen molar-refractivity contribution in [2.45, 2.75) is 85.4 Å². The van der Waals surface area contributed by atoms with Gasteiger partial charge in [-0.25, -0.2) is 23.9 Å². The number of imide groups is 1. The van der Waals surface area contributed by atoms with Crippen molar-refractivity contribution in [2.75, 3.05) is 19.1 Å². The summed E-state index contributed by atoms with van der Waals surface area (Å²) >= 11 is 0. The number of imidazole rings is 1. The summed E-state index contributed by atoms with van der Waals surface area (Å²) in [6.45, 7) is 14.8. The lowest BCUT2D eigenvalue weighted by Crippen LogP contribution is -2.45. The van der Waals surface area contributed by atoms with E-state index in [1.165, 1.54) is 20.4 Å². The molecule has 0 bridgehead atoms. The first-order valence-electron chi connectivity index (χ1n) is 10.0. The number of carbonyl (C=O) groups excluding carboxylic acids is 3. The lowest BCUT2D eigenvalue weighted by Gasteiger charge is -2.28. The van der Waals surface area contributed by atoms with Crippen molar-refractivity contribution in [2.24, 2.45) is 0 Å². The molecule has 0 aromatic carbocycles. The molecule has 1 aromatic rings. The highest BCUT2D eigenvalue weighted by Crippen LogP contribution is 2.26. The van der Waals surface area contributed by atoms with E-state index in [0.717, 1.165) is 4.57 Å². The molecular weight excluding hydrogens is 422 g/mol. The number of nitrogens with zero attached hydrogens (tertiary/aromatic N) is 3. The zero-order chi connectivity index (χ0) is 25.1. The molecule has 0 unspecified atom stereocenters. The van der Waals surface area contributed by atoms with Gasteiger partial charge in [-0.05, 0) is 62.3 Å². The van der Waals surface area contributed by atoms with E-state index in [2.05, 4.69) is 4.98 Å². The van der Waals surface area contributed by atoms with Crippen LogP contribution in [0.3, 0.4) is 0 Å². The summed E-state index contributed by atoms with van der Waals surface area (Å²) in [5, 5.41) is 0. The molecule has 0 radical (unpaired) electrons. The Kier molecular flexibility index (Phi) is 8.44. The van der Waals surface area contributed by atoms with Crippen LogP contribution in [0.15, 0.2) is 6.20 Å². The van der Waals surface area contributed by atoms with Crippen LogP contribution in [0.2, 0.25) is 0 Å². The van der Waals surface area contributed by atoms with E-state index in [1.54, 1.807) is 62.3 Å². The van der Waals surface area contributed by atoms with E-state index < -0.39 is 47.3 Å². The van der Waals surface area contributed by atoms with Crippen LogP contribution in [0.5, 0.6) is 0 Å². The SMILES string of the molecule is COC(OC)c1cn(C(=O)OC(C)(C)C)c(N(C(=O)OC(C)(C)C)C(=O)OC(C)(C)C)n1. The first-order valence-corrected chi connectivity index (χ1v) is 10.0. The molecule has 0 aliphatic rings. The predicted molar refractivity (Wildman–Crippen MR) is 116 cm³/mol. The number of ether oxygens (including phenoxy) is 5. The lowest BCUT2D eigenvalue weighted by atomic mass is 10.2.